The van der Waals surface area contributed by atoms with E-state index in [1.807, 2.05) is 80.8 Å². The molecule has 0 aliphatic carbocycles. The van der Waals surface area contributed by atoms with Gasteiger partial charge in [-0.05, 0) is 68.7 Å². The fraction of sp³-hybridized carbons (Fsp3) is 0.222. The number of nitrogens with one attached hydrogen (secondary N) is 1. The monoisotopic (exact) mass is 441 g/mol. The Bertz CT molecular complexity index is 1260. The van der Waals surface area contributed by atoms with Gasteiger partial charge in [0, 0.05) is 17.1 Å². The minimum atomic E-state index is -0.428. The number of nitriles is 1. The fourth-order valence-electron chi connectivity index (χ4n) is 3.80. The number of rotatable bonds is 6. The fourth-order valence-corrected chi connectivity index (χ4v) is 3.80. The third-order valence-electron chi connectivity index (χ3n) is 5.65. The normalized spacial score (nSPS) is 12.1. The number of hydrogen-bond donors (Lipinski definition) is 1. The molecule has 2 aromatic carbocycles. The molecule has 0 spiro atoms. The lowest BCUT2D eigenvalue weighted by Gasteiger charge is -2.14. The highest BCUT2D eigenvalue weighted by atomic mass is 16.5. The second-order valence-electron chi connectivity index (χ2n) is 7.93. The van der Waals surface area contributed by atoms with Crippen molar-refractivity contribution in [3.8, 4) is 11.8 Å². The van der Waals surface area contributed by atoms with E-state index >= 15 is 0 Å². The van der Waals surface area contributed by atoms with E-state index in [0.717, 1.165) is 33.8 Å². The average Bonchev–Trinajstić information content (AvgIpc) is 3.10. The highest BCUT2D eigenvalue weighted by Gasteiger charge is 2.17. The first-order chi connectivity index (χ1) is 15.8. The molecule has 0 aliphatic rings. The average molecular weight is 442 g/mol. The number of ether oxygens (including phenoxy) is 1. The molecule has 0 fully saturated rings. The van der Waals surface area contributed by atoms with E-state index in [-0.39, 0.29) is 11.6 Å². The number of esters is 1. The van der Waals surface area contributed by atoms with Crippen LogP contribution >= 0.6 is 0 Å². The van der Waals surface area contributed by atoms with Crippen LogP contribution in [0.25, 0.3) is 11.8 Å². The largest absolute Gasteiger partial charge is 0.465 e. The zero-order valence-corrected chi connectivity index (χ0v) is 19.5. The van der Waals surface area contributed by atoms with Gasteiger partial charge in [0.15, 0.2) is 0 Å². The van der Waals surface area contributed by atoms with Crippen molar-refractivity contribution in [3.63, 3.8) is 0 Å². The molecular formula is C27H27N3O3. The van der Waals surface area contributed by atoms with Gasteiger partial charge in [0.25, 0.3) is 5.91 Å². The van der Waals surface area contributed by atoms with Gasteiger partial charge in [-0.1, -0.05) is 36.4 Å². The number of methoxy groups -OCH3 is 1. The van der Waals surface area contributed by atoms with Gasteiger partial charge in [0.2, 0.25) is 0 Å². The summed E-state index contributed by atoms with van der Waals surface area (Å²) < 4.78 is 6.86. The molecule has 33 heavy (non-hydrogen) atoms. The standard InChI is InChI=1S/C27H27N3O3/c1-17-11-12-22(27(32)33-5)15-25(17)30-18(2)13-23(20(30)4)14-24(16-28)26(31)29-19(3)21-9-7-6-8-10-21/h6-15,19H,1-5H3,(H,29,31)/b24-14-/t19-/m1/s1. The van der Waals surface area contributed by atoms with Gasteiger partial charge in [-0.2, -0.15) is 5.26 Å². The third kappa shape index (κ3) is 5.04. The first kappa shape index (κ1) is 23.6. The number of amides is 1. The van der Waals surface area contributed by atoms with Crippen molar-refractivity contribution in [2.45, 2.75) is 33.7 Å². The highest BCUT2D eigenvalue weighted by molar-refractivity contribution is 6.02. The van der Waals surface area contributed by atoms with Crippen LogP contribution in [0.15, 0.2) is 60.2 Å². The number of aromatic nitrogens is 1. The second-order valence-corrected chi connectivity index (χ2v) is 7.93. The molecule has 1 aromatic heterocycles. The lowest BCUT2D eigenvalue weighted by Crippen LogP contribution is -2.27. The summed E-state index contributed by atoms with van der Waals surface area (Å²) in [6.45, 7) is 7.70. The Kier molecular flexibility index (Phi) is 7.14. The predicted molar refractivity (Wildman–Crippen MR) is 128 cm³/mol. The molecule has 6 nitrogen and oxygen atoms in total. The van der Waals surface area contributed by atoms with E-state index in [1.54, 1.807) is 18.2 Å². The SMILES string of the molecule is COC(=O)c1ccc(C)c(-n2c(C)cc(/C=C(/C#N)C(=O)N[C@H](C)c3ccccc3)c2C)c1. The summed E-state index contributed by atoms with van der Waals surface area (Å²) in [6.07, 6.45) is 1.60. The Balaban J connectivity index is 1.95. The minimum Gasteiger partial charge on any atom is -0.465 e. The molecule has 0 aliphatic heterocycles. The number of aryl methyl sites for hydroxylation is 2. The third-order valence-corrected chi connectivity index (χ3v) is 5.65. The molecule has 1 atom stereocenters. The number of hydrogen-bond acceptors (Lipinski definition) is 4. The van der Waals surface area contributed by atoms with Crippen LogP contribution < -0.4 is 5.32 Å². The van der Waals surface area contributed by atoms with E-state index in [4.69, 9.17) is 4.74 Å². The van der Waals surface area contributed by atoms with Gasteiger partial charge >= 0.3 is 5.97 Å². The quantitative estimate of drug-likeness (QED) is 0.332. The lowest BCUT2D eigenvalue weighted by molar-refractivity contribution is -0.117. The number of carbonyl (C=O) groups is 2. The minimum absolute atomic E-state index is 0.0260. The topological polar surface area (TPSA) is 84.1 Å². The Morgan fingerprint density at radius 2 is 1.79 bits per heavy atom. The van der Waals surface area contributed by atoms with Crippen molar-refractivity contribution in [2.75, 3.05) is 7.11 Å². The maximum absolute atomic E-state index is 12.8. The van der Waals surface area contributed by atoms with Gasteiger partial charge in [0.05, 0.1) is 18.7 Å². The Hall–Kier alpha value is -4.11. The maximum atomic E-state index is 12.8. The molecular weight excluding hydrogens is 414 g/mol. The van der Waals surface area contributed by atoms with Crippen molar-refractivity contribution in [2.24, 2.45) is 0 Å². The summed E-state index contributed by atoms with van der Waals surface area (Å²) in [7, 11) is 1.35. The molecule has 3 rings (SSSR count). The Labute approximate surface area is 194 Å². The van der Waals surface area contributed by atoms with Gasteiger partial charge < -0.3 is 14.6 Å². The van der Waals surface area contributed by atoms with Crippen LogP contribution in [0.5, 0.6) is 0 Å². The predicted octanol–water partition coefficient (Wildman–Crippen LogP) is 4.97. The Morgan fingerprint density at radius 3 is 2.42 bits per heavy atom. The van der Waals surface area contributed by atoms with Crippen LogP contribution in [0, 0.1) is 32.1 Å². The van der Waals surface area contributed by atoms with Crippen molar-refractivity contribution in [1.82, 2.24) is 9.88 Å². The molecule has 0 bridgehead atoms. The van der Waals surface area contributed by atoms with Gasteiger partial charge in [-0.3, -0.25) is 4.79 Å². The molecule has 3 aromatic rings. The van der Waals surface area contributed by atoms with E-state index < -0.39 is 11.9 Å². The van der Waals surface area contributed by atoms with Gasteiger partial charge in [0.1, 0.15) is 11.6 Å². The van der Waals surface area contributed by atoms with E-state index in [0.29, 0.717) is 5.56 Å². The van der Waals surface area contributed by atoms with Gasteiger partial charge in [-0.15, -0.1) is 0 Å². The lowest BCUT2D eigenvalue weighted by atomic mass is 10.1. The van der Waals surface area contributed by atoms with Gasteiger partial charge in [-0.25, -0.2) is 4.79 Å². The zero-order valence-electron chi connectivity index (χ0n) is 19.5. The first-order valence-corrected chi connectivity index (χ1v) is 10.6. The first-order valence-electron chi connectivity index (χ1n) is 10.6. The molecule has 0 saturated carbocycles. The number of benzene rings is 2. The summed E-state index contributed by atoms with van der Waals surface area (Å²) >= 11 is 0. The zero-order chi connectivity index (χ0) is 24.1. The molecule has 168 valence electrons. The van der Waals surface area contributed by atoms with Crippen LogP contribution in [0.3, 0.4) is 0 Å². The Morgan fingerprint density at radius 1 is 1.09 bits per heavy atom. The summed E-state index contributed by atoms with van der Waals surface area (Å²) in [4.78, 5) is 24.8. The summed E-state index contributed by atoms with van der Waals surface area (Å²) in [5, 5.41) is 12.5. The van der Waals surface area contributed by atoms with E-state index in [9.17, 15) is 14.9 Å². The van der Waals surface area contributed by atoms with Crippen LogP contribution in [-0.4, -0.2) is 23.6 Å². The summed E-state index contributed by atoms with van der Waals surface area (Å²) in [6, 6.07) is 18.7. The second kappa shape index (κ2) is 10.0. The number of nitrogens with zero attached hydrogens (tertiary/aromatic N) is 2. The van der Waals surface area contributed by atoms with Crippen LogP contribution in [0.1, 0.15) is 51.4 Å². The van der Waals surface area contributed by atoms with E-state index in [1.165, 1.54) is 7.11 Å². The molecule has 0 radical (unpaired) electrons. The van der Waals surface area contributed by atoms with Crippen LogP contribution in [0.2, 0.25) is 0 Å². The summed E-state index contributed by atoms with van der Waals surface area (Å²) in [5.74, 6) is -0.836. The van der Waals surface area contributed by atoms with Crippen molar-refractivity contribution >= 4 is 18.0 Å². The number of carbonyl (C=O) groups excluding carboxylic acids is 2. The smallest absolute Gasteiger partial charge is 0.337 e. The summed E-state index contributed by atoms with van der Waals surface area (Å²) in [5.41, 5.74) is 5.79. The van der Waals surface area contributed by atoms with Crippen LogP contribution in [-0.2, 0) is 9.53 Å². The maximum Gasteiger partial charge on any atom is 0.337 e. The van der Waals surface area contributed by atoms with E-state index in [2.05, 4.69) is 5.32 Å². The molecule has 0 saturated heterocycles. The molecule has 6 heteroatoms. The molecule has 0 unspecified atom stereocenters. The van der Waals surface area contributed by atoms with Crippen molar-refractivity contribution in [3.05, 3.63) is 93.8 Å². The van der Waals surface area contributed by atoms with Crippen molar-refractivity contribution < 1.29 is 14.3 Å². The molecule has 1 heterocycles. The highest BCUT2D eigenvalue weighted by Crippen LogP contribution is 2.26. The van der Waals surface area contributed by atoms with Crippen molar-refractivity contribution in [1.29, 1.82) is 5.26 Å². The van der Waals surface area contributed by atoms with Crippen LogP contribution in [0.4, 0.5) is 0 Å². The molecule has 1 N–H and O–H groups in total. The molecule has 1 amide bonds.